The van der Waals surface area contributed by atoms with Gasteiger partial charge in [-0.05, 0) is 23.8 Å². The Morgan fingerprint density at radius 2 is 1.85 bits per heavy atom. The van der Waals surface area contributed by atoms with Crippen molar-refractivity contribution in [1.29, 1.82) is 0 Å². The Hall–Kier alpha value is -0.860. The molecule has 0 radical (unpaired) electrons. The molecule has 0 aromatic heterocycles. The number of nitrogens with zero attached hydrogens (tertiary/aromatic N) is 1. The third-order valence-electron chi connectivity index (χ3n) is 4.34. The van der Waals surface area contributed by atoms with Gasteiger partial charge in [-0.15, -0.1) is 0 Å². The fourth-order valence-corrected chi connectivity index (χ4v) is 3.12. The van der Waals surface area contributed by atoms with Crippen LogP contribution in [0.2, 0.25) is 0 Å². The first-order valence-electron chi connectivity index (χ1n) is 8.07. The molecule has 1 heterocycles. The minimum Gasteiger partial charge on any atom is -0.311 e. The Morgan fingerprint density at radius 3 is 2.45 bits per heavy atom. The lowest BCUT2D eigenvalue weighted by Crippen LogP contribution is -2.57. The summed E-state index contributed by atoms with van der Waals surface area (Å²) in [4.78, 5) is 2.69. The highest BCUT2D eigenvalue weighted by atomic mass is 15.2. The highest BCUT2D eigenvalue weighted by Crippen LogP contribution is 2.20. The molecule has 2 rings (SSSR count). The van der Waals surface area contributed by atoms with Crippen molar-refractivity contribution in [3.05, 3.63) is 35.9 Å². The van der Waals surface area contributed by atoms with E-state index in [1.165, 1.54) is 18.5 Å². The summed E-state index contributed by atoms with van der Waals surface area (Å²) in [5.74, 6) is 1.46. The van der Waals surface area contributed by atoms with Crippen LogP contribution in [0.4, 0.5) is 0 Å². The Kier molecular flexibility index (Phi) is 5.62. The molecule has 0 aliphatic carbocycles. The molecular formula is C18H30N2. The van der Waals surface area contributed by atoms with Crippen LogP contribution in [0, 0.1) is 11.8 Å². The zero-order chi connectivity index (χ0) is 14.5. The van der Waals surface area contributed by atoms with E-state index in [9.17, 15) is 0 Å². The first-order chi connectivity index (χ1) is 9.56. The quantitative estimate of drug-likeness (QED) is 0.883. The molecule has 1 aromatic rings. The first-order valence-corrected chi connectivity index (χ1v) is 8.07. The van der Waals surface area contributed by atoms with Crippen LogP contribution in [-0.2, 0) is 6.54 Å². The molecule has 112 valence electrons. The van der Waals surface area contributed by atoms with E-state index in [1.807, 2.05) is 0 Å². The third-order valence-corrected chi connectivity index (χ3v) is 4.34. The van der Waals surface area contributed by atoms with Gasteiger partial charge < -0.3 is 5.32 Å². The summed E-state index contributed by atoms with van der Waals surface area (Å²) in [6.45, 7) is 12.7. The summed E-state index contributed by atoms with van der Waals surface area (Å²) in [7, 11) is 0. The number of hydrogen-bond donors (Lipinski definition) is 1. The molecule has 0 unspecified atom stereocenters. The zero-order valence-corrected chi connectivity index (χ0v) is 13.5. The number of benzene rings is 1. The third kappa shape index (κ3) is 4.32. The van der Waals surface area contributed by atoms with Gasteiger partial charge >= 0.3 is 0 Å². The molecular weight excluding hydrogens is 244 g/mol. The predicted molar refractivity (Wildman–Crippen MR) is 86.7 cm³/mol. The monoisotopic (exact) mass is 274 g/mol. The molecule has 2 nitrogen and oxygen atoms in total. The number of hydrogen-bond acceptors (Lipinski definition) is 2. The second kappa shape index (κ2) is 7.24. The maximum atomic E-state index is 3.75. The molecule has 0 bridgehead atoms. The summed E-state index contributed by atoms with van der Waals surface area (Å²) in [6, 6.07) is 12.2. The molecule has 1 fully saturated rings. The van der Waals surface area contributed by atoms with E-state index < -0.39 is 0 Å². The van der Waals surface area contributed by atoms with Gasteiger partial charge in [-0.3, -0.25) is 4.90 Å². The molecule has 1 aliphatic heterocycles. The summed E-state index contributed by atoms with van der Waals surface area (Å²) in [5, 5.41) is 3.75. The van der Waals surface area contributed by atoms with Crippen molar-refractivity contribution >= 4 is 0 Å². The summed E-state index contributed by atoms with van der Waals surface area (Å²) < 4.78 is 0. The van der Waals surface area contributed by atoms with E-state index in [4.69, 9.17) is 0 Å². The topological polar surface area (TPSA) is 15.3 Å². The lowest BCUT2D eigenvalue weighted by atomic mass is 9.94. The molecule has 1 aliphatic rings. The van der Waals surface area contributed by atoms with Crippen LogP contribution in [-0.4, -0.2) is 30.1 Å². The first kappa shape index (κ1) is 15.5. The molecule has 0 spiro atoms. The molecule has 1 aromatic carbocycles. The van der Waals surface area contributed by atoms with Crippen molar-refractivity contribution in [2.24, 2.45) is 11.8 Å². The van der Waals surface area contributed by atoms with Crippen LogP contribution in [0.15, 0.2) is 30.3 Å². The van der Waals surface area contributed by atoms with Crippen molar-refractivity contribution in [3.8, 4) is 0 Å². The summed E-state index contributed by atoms with van der Waals surface area (Å²) in [5.41, 5.74) is 1.44. The normalized spacial score (nSPS) is 24.5. The van der Waals surface area contributed by atoms with Crippen molar-refractivity contribution in [1.82, 2.24) is 10.2 Å². The van der Waals surface area contributed by atoms with Gasteiger partial charge in [0.05, 0.1) is 0 Å². The average Bonchev–Trinajstić information content (AvgIpc) is 2.41. The van der Waals surface area contributed by atoms with Gasteiger partial charge in [0.2, 0.25) is 0 Å². The van der Waals surface area contributed by atoms with Crippen LogP contribution in [0.3, 0.4) is 0 Å². The van der Waals surface area contributed by atoms with E-state index in [0.717, 1.165) is 19.0 Å². The fraction of sp³-hybridized carbons (Fsp3) is 0.667. The summed E-state index contributed by atoms with van der Waals surface area (Å²) in [6.07, 6.45) is 1.28. The van der Waals surface area contributed by atoms with Gasteiger partial charge in [0.1, 0.15) is 0 Å². The highest BCUT2D eigenvalue weighted by molar-refractivity contribution is 5.15. The second-order valence-corrected chi connectivity index (χ2v) is 6.96. The van der Waals surface area contributed by atoms with Crippen LogP contribution in [0.25, 0.3) is 0 Å². The number of rotatable bonds is 5. The van der Waals surface area contributed by atoms with E-state index in [-0.39, 0.29) is 0 Å². The van der Waals surface area contributed by atoms with Crippen molar-refractivity contribution < 1.29 is 0 Å². The molecule has 0 saturated carbocycles. The van der Waals surface area contributed by atoms with Gasteiger partial charge in [0, 0.05) is 31.7 Å². The van der Waals surface area contributed by atoms with Gasteiger partial charge in [0.15, 0.2) is 0 Å². The van der Waals surface area contributed by atoms with Crippen molar-refractivity contribution in [3.63, 3.8) is 0 Å². The van der Waals surface area contributed by atoms with E-state index >= 15 is 0 Å². The molecule has 20 heavy (non-hydrogen) atoms. The SMILES string of the molecule is CC(C)C[C@@H]1CN[C@H](C(C)C)CN1Cc1ccccc1. The average molecular weight is 274 g/mol. The Bertz CT molecular complexity index is 386. The molecule has 0 amide bonds. The highest BCUT2D eigenvalue weighted by Gasteiger charge is 2.29. The maximum Gasteiger partial charge on any atom is 0.0237 e. The molecule has 1 saturated heterocycles. The van der Waals surface area contributed by atoms with Crippen molar-refractivity contribution in [2.45, 2.75) is 52.7 Å². The van der Waals surface area contributed by atoms with Crippen molar-refractivity contribution in [2.75, 3.05) is 13.1 Å². The number of nitrogens with one attached hydrogen (secondary N) is 1. The standard InChI is InChI=1S/C18H30N2/c1-14(2)10-17-11-19-18(15(3)4)13-20(17)12-16-8-6-5-7-9-16/h5-9,14-15,17-19H,10-13H2,1-4H3/t17-,18+/m1/s1. The van der Waals surface area contributed by atoms with Gasteiger partial charge in [0.25, 0.3) is 0 Å². The van der Waals surface area contributed by atoms with Crippen LogP contribution >= 0.6 is 0 Å². The molecule has 1 N–H and O–H groups in total. The minimum absolute atomic E-state index is 0.627. The molecule has 2 atom stereocenters. The van der Waals surface area contributed by atoms with Crippen LogP contribution in [0.1, 0.15) is 39.7 Å². The number of piperazine rings is 1. The lowest BCUT2D eigenvalue weighted by molar-refractivity contribution is 0.0924. The smallest absolute Gasteiger partial charge is 0.0237 e. The van der Waals surface area contributed by atoms with Crippen LogP contribution < -0.4 is 5.32 Å². The largest absolute Gasteiger partial charge is 0.311 e. The van der Waals surface area contributed by atoms with E-state index in [1.54, 1.807) is 0 Å². The van der Waals surface area contributed by atoms with E-state index in [0.29, 0.717) is 18.0 Å². The Balaban J connectivity index is 2.05. The predicted octanol–water partition coefficient (Wildman–Crippen LogP) is 3.53. The zero-order valence-electron chi connectivity index (χ0n) is 13.5. The van der Waals surface area contributed by atoms with Gasteiger partial charge in [-0.1, -0.05) is 58.0 Å². The van der Waals surface area contributed by atoms with Gasteiger partial charge in [-0.2, -0.15) is 0 Å². The minimum atomic E-state index is 0.627. The van der Waals surface area contributed by atoms with Gasteiger partial charge in [-0.25, -0.2) is 0 Å². The van der Waals surface area contributed by atoms with E-state index in [2.05, 4.69) is 68.2 Å². The Labute approximate surface area is 124 Å². The Morgan fingerprint density at radius 1 is 1.15 bits per heavy atom. The molecule has 2 heteroatoms. The lowest BCUT2D eigenvalue weighted by Gasteiger charge is -2.42. The van der Waals surface area contributed by atoms with Crippen LogP contribution in [0.5, 0.6) is 0 Å². The summed E-state index contributed by atoms with van der Waals surface area (Å²) >= 11 is 0. The fourth-order valence-electron chi connectivity index (χ4n) is 3.12. The second-order valence-electron chi connectivity index (χ2n) is 6.96. The maximum absolute atomic E-state index is 3.75.